The van der Waals surface area contributed by atoms with E-state index in [-0.39, 0.29) is 37.5 Å². The van der Waals surface area contributed by atoms with Gasteiger partial charge in [0.25, 0.3) is 11.5 Å². The summed E-state index contributed by atoms with van der Waals surface area (Å²) in [5.41, 5.74) is 4.97. The third-order valence-corrected chi connectivity index (χ3v) is 8.41. The molecule has 3 rings (SSSR count). The van der Waals surface area contributed by atoms with E-state index >= 15 is 0 Å². The second kappa shape index (κ2) is 9.85. The lowest BCUT2D eigenvalue weighted by Crippen LogP contribution is -2.42. The van der Waals surface area contributed by atoms with E-state index in [2.05, 4.69) is 35.8 Å². The zero-order chi connectivity index (χ0) is 26.3. The number of nitrogens with one attached hydrogen (secondary N) is 1. The Bertz CT molecular complexity index is 1210. The third kappa shape index (κ3) is 6.64. The van der Waals surface area contributed by atoms with E-state index in [1.54, 1.807) is 18.0 Å². The van der Waals surface area contributed by atoms with Crippen LogP contribution in [-0.2, 0) is 18.4 Å². The van der Waals surface area contributed by atoms with Crippen LogP contribution in [-0.4, -0.2) is 45.9 Å². The lowest BCUT2D eigenvalue weighted by Gasteiger charge is -2.33. The zero-order valence-electron chi connectivity index (χ0n) is 21.9. The van der Waals surface area contributed by atoms with Crippen LogP contribution in [0.25, 0.3) is 10.9 Å². The number of benzene rings is 1. The standard InChI is InChI=1S/C25H36F2N4O2SSi/c1-17(29-34(33)24(2,3)4)19-15-18(9-14-35(6,7)8)16-20-21(19)28-23(30(5)22(20)32)31-12-10-25(26,27)11-13-31/h15-17,29H,10-13H2,1-8H3/t17-,34-/m1/s1. The van der Waals surface area contributed by atoms with E-state index in [1.165, 1.54) is 4.57 Å². The minimum Gasteiger partial charge on any atom is -0.598 e. The number of fused-ring (bicyclic) bond motifs is 1. The van der Waals surface area contributed by atoms with Gasteiger partial charge in [0.2, 0.25) is 5.95 Å². The van der Waals surface area contributed by atoms with Crippen LogP contribution in [0.1, 0.15) is 57.7 Å². The zero-order valence-corrected chi connectivity index (χ0v) is 23.7. The van der Waals surface area contributed by atoms with Crippen molar-refractivity contribution in [3.05, 3.63) is 33.6 Å². The first-order valence-electron chi connectivity index (χ1n) is 11.9. The molecular formula is C25H36F2N4O2SSi. The molecule has 1 N–H and O–H groups in total. The predicted molar refractivity (Wildman–Crippen MR) is 143 cm³/mol. The van der Waals surface area contributed by atoms with Crippen molar-refractivity contribution in [3.8, 4) is 11.5 Å². The monoisotopic (exact) mass is 522 g/mol. The van der Waals surface area contributed by atoms with Crippen molar-refractivity contribution in [2.45, 2.75) is 76.9 Å². The number of halogens is 2. The molecule has 1 fully saturated rings. The molecule has 1 aliphatic heterocycles. The molecule has 0 bridgehead atoms. The summed E-state index contributed by atoms with van der Waals surface area (Å²) in [5.74, 6) is 0.895. The highest BCUT2D eigenvalue weighted by atomic mass is 32.2. The van der Waals surface area contributed by atoms with Crippen LogP contribution in [0.5, 0.6) is 0 Å². The Hall–Kier alpha value is -1.93. The summed E-state index contributed by atoms with van der Waals surface area (Å²) in [6.07, 6.45) is -0.553. The molecule has 1 saturated heterocycles. The van der Waals surface area contributed by atoms with E-state index in [1.807, 2.05) is 33.8 Å². The summed E-state index contributed by atoms with van der Waals surface area (Å²) in [7, 11) is -0.0449. The number of rotatable bonds is 4. The molecular weight excluding hydrogens is 486 g/mol. The fourth-order valence-electron chi connectivity index (χ4n) is 3.77. The second-order valence-corrected chi connectivity index (χ2v) is 18.0. The Morgan fingerprint density at radius 3 is 2.37 bits per heavy atom. The molecule has 192 valence electrons. The van der Waals surface area contributed by atoms with Gasteiger partial charge in [-0.2, -0.15) is 0 Å². The molecule has 1 aromatic heterocycles. The van der Waals surface area contributed by atoms with E-state index < -0.39 is 30.1 Å². The van der Waals surface area contributed by atoms with Gasteiger partial charge in [0.05, 0.1) is 16.9 Å². The van der Waals surface area contributed by atoms with E-state index in [0.717, 1.165) is 0 Å². The molecule has 0 spiro atoms. The fourth-order valence-corrected chi connectivity index (χ4v) is 5.09. The number of aromatic nitrogens is 2. The maximum Gasteiger partial charge on any atom is 0.262 e. The van der Waals surface area contributed by atoms with Crippen LogP contribution in [0.2, 0.25) is 19.6 Å². The summed E-state index contributed by atoms with van der Waals surface area (Å²) in [5, 5.41) is 0.408. The highest BCUT2D eigenvalue weighted by Crippen LogP contribution is 2.31. The highest BCUT2D eigenvalue weighted by molar-refractivity contribution is 7.90. The summed E-state index contributed by atoms with van der Waals surface area (Å²) < 4.78 is 44.4. The smallest absolute Gasteiger partial charge is 0.262 e. The molecule has 1 aromatic carbocycles. The Balaban J connectivity index is 2.19. The lowest BCUT2D eigenvalue weighted by molar-refractivity contribution is -0.0223. The second-order valence-electron chi connectivity index (χ2n) is 11.3. The van der Waals surface area contributed by atoms with Gasteiger partial charge < -0.3 is 9.45 Å². The van der Waals surface area contributed by atoms with Crippen molar-refractivity contribution in [1.29, 1.82) is 0 Å². The van der Waals surface area contributed by atoms with Crippen LogP contribution in [0.3, 0.4) is 0 Å². The topological polar surface area (TPSA) is 73.2 Å². The van der Waals surface area contributed by atoms with Gasteiger partial charge in [-0.25, -0.2) is 13.8 Å². The summed E-state index contributed by atoms with van der Waals surface area (Å²) in [6, 6.07) is 3.26. The van der Waals surface area contributed by atoms with Gasteiger partial charge in [0, 0.05) is 55.5 Å². The molecule has 2 heterocycles. The number of alkyl halides is 2. The average Bonchev–Trinajstić information content (AvgIpc) is 2.73. The van der Waals surface area contributed by atoms with Crippen molar-refractivity contribution in [3.63, 3.8) is 0 Å². The normalized spacial score (nSPS) is 18.2. The van der Waals surface area contributed by atoms with Crippen molar-refractivity contribution in [2.75, 3.05) is 18.0 Å². The molecule has 2 aromatic rings. The Morgan fingerprint density at radius 2 is 1.83 bits per heavy atom. The van der Waals surface area contributed by atoms with Crippen LogP contribution >= 0.6 is 0 Å². The quantitative estimate of drug-likeness (QED) is 0.363. The van der Waals surface area contributed by atoms with Gasteiger partial charge in [-0.15, -0.1) is 10.3 Å². The molecule has 35 heavy (non-hydrogen) atoms. The van der Waals surface area contributed by atoms with Crippen LogP contribution in [0.4, 0.5) is 14.7 Å². The average molecular weight is 523 g/mol. The molecule has 1 aliphatic rings. The van der Waals surface area contributed by atoms with Crippen molar-refractivity contribution >= 4 is 36.3 Å². The first-order chi connectivity index (χ1) is 16.0. The molecule has 0 aliphatic carbocycles. The van der Waals surface area contributed by atoms with Crippen LogP contribution < -0.4 is 15.2 Å². The Kier molecular flexibility index (Phi) is 7.78. The first-order valence-corrected chi connectivity index (χ1v) is 16.5. The van der Waals surface area contributed by atoms with Crippen molar-refractivity contribution < 1.29 is 13.3 Å². The van der Waals surface area contributed by atoms with Gasteiger partial charge in [0.1, 0.15) is 12.8 Å². The number of hydrogen-bond acceptors (Lipinski definition) is 5. The summed E-state index contributed by atoms with van der Waals surface area (Å²) in [6.45, 7) is 14.2. The van der Waals surface area contributed by atoms with Crippen molar-refractivity contribution in [2.24, 2.45) is 7.05 Å². The van der Waals surface area contributed by atoms with E-state index in [0.29, 0.717) is 28.0 Å². The minimum atomic E-state index is -2.70. The van der Waals surface area contributed by atoms with E-state index in [9.17, 15) is 18.1 Å². The number of nitrogens with zero attached hydrogens (tertiary/aromatic N) is 3. The van der Waals surface area contributed by atoms with Gasteiger partial charge in [-0.1, -0.05) is 25.6 Å². The maximum atomic E-state index is 13.8. The first kappa shape index (κ1) is 27.7. The molecule has 0 radical (unpaired) electrons. The SMILES string of the molecule is C[C@@H](N[S@+]([O-])C(C)(C)C)c1cc(C#C[Si](C)(C)C)cc2c(=O)n(C)c(N3CCC(F)(F)CC3)nc12. The highest BCUT2D eigenvalue weighted by Gasteiger charge is 2.35. The van der Waals surface area contributed by atoms with Gasteiger partial charge in [-0.05, 0) is 39.8 Å². The predicted octanol–water partition coefficient (Wildman–Crippen LogP) is 4.51. The molecule has 0 unspecified atom stereocenters. The summed E-state index contributed by atoms with van der Waals surface area (Å²) in [4.78, 5) is 20.0. The van der Waals surface area contributed by atoms with Gasteiger partial charge in [0.15, 0.2) is 0 Å². The molecule has 6 nitrogen and oxygen atoms in total. The maximum absolute atomic E-state index is 13.8. The molecule has 0 saturated carbocycles. The van der Waals surface area contributed by atoms with Gasteiger partial charge >= 0.3 is 0 Å². The van der Waals surface area contributed by atoms with Crippen molar-refractivity contribution in [1.82, 2.24) is 14.3 Å². The Morgan fingerprint density at radius 1 is 1.23 bits per heavy atom. The van der Waals surface area contributed by atoms with Crippen LogP contribution in [0, 0.1) is 11.5 Å². The van der Waals surface area contributed by atoms with E-state index in [4.69, 9.17) is 4.98 Å². The number of anilines is 1. The number of piperidine rings is 1. The summed E-state index contributed by atoms with van der Waals surface area (Å²) >= 11 is -1.35. The lowest BCUT2D eigenvalue weighted by atomic mass is 10.0. The fraction of sp³-hybridized carbons (Fsp3) is 0.600. The number of hydrogen-bond donors (Lipinski definition) is 1. The molecule has 0 amide bonds. The minimum absolute atomic E-state index is 0.121. The van der Waals surface area contributed by atoms with Gasteiger partial charge in [-0.3, -0.25) is 9.36 Å². The third-order valence-electron chi connectivity index (χ3n) is 5.85. The Labute approximate surface area is 210 Å². The molecule has 10 heteroatoms. The van der Waals surface area contributed by atoms with Crippen LogP contribution in [0.15, 0.2) is 16.9 Å². The largest absolute Gasteiger partial charge is 0.598 e. The molecule has 2 atom stereocenters.